The Morgan fingerprint density at radius 2 is 2.11 bits per heavy atom. The zero-order chi connectivity index (χ0) is 13.8. The summed E-state index contributed by atoms with van der Waals surface area (Å²) in [6, 6.07) is 5.86. The van der Waals surface area contributed by atoms with Gasteiger partial charge in [0.15, 0.2) is 5.11 Å². The van der Waals surface area contributed by atoms with Crippen LogP contribution in [0.15, 0.2) is 18.2 Å². The summed E-state index contributed by atoms with van der Waals surface area (Å²) in [6.07, 6.45) is 0. The molecule has 0 spiro atoms. The topological polar surface area (TPSA) is 19.7 Å². The van der Waals surface area contributed by atoms with Gasteiger partial charge in [0.1, 0.15) is 0 Å². The molecule has 0 unspecified atom stereocenters. The van der Waals surface area contributed by atoms with E-state index >= 15 is 0 Å². The van der Waals surface area contributed by atoms with Crippen molar-refractivity contribution in [1.82, 2.24) is 4.90 Å². The number of hydrogen-bond acceptors (Lipinski definition) is 1. The molecule has 0 aromatic heterocycles. The number of halogens is 1. The van der Waals surface area contributed by atoms with Crippen molar-refractivity contribution in [3.05, 3.63) is 28.8 Å². The lowest BCUT2D eigenvalue weighted by molar-refractivity contribution is -0.902. The Bertz CT molecular complexity index is 456. The number of hydrogen-bond donors (Lipinski definition) is 2. The highest BCUT2D eigenvalue weighted by molar-refractivity contribution is 7.80. The standard InChI is InChI=1S/C14H20ClN3S/c1-3-17-7-9-18(10-8-17)14(19)16-13-6-4-5-12(15)11(13)2/h4-6H,3,7-10H2,1-2H3,(H,16,19)/p+1. The largest absolute Gasteiger partial charge is 0.338 e. The molecule has 0 aliphatic carbocycles. The van der Waals surface area contributed by atoms with E-state index in [4.69, 9.17) is 23.8 Å². The lowest BCUT2D eigenvalue weighted by Gasteiger charge is -2.33. The van der Waals surface area contributed by atoms with Crippen molar-refractivity contribution >= 4 is 34.6 Å². The molecule has 104 valence electrons. The molecule has 1 heterocycles. The van der Waals surface area contributed by atoms with Gasteiger partial charge in [-0.1, -0.05) is 17.7 Å². The molecule has 3 nitrogen and oxygen atoms in total. The lowest BCUT2D eigenvalue weighted by atomic mass is 10.2. The van der Waals surface area contributed by atoms with Crippen molar-refractivity contribution in [3.63, 3.8) is 0 Å². The Kier molecular flexibility index (Phi) is 5.02. The molecule has 1 aromatic rings. The number of likely N-dealkylation sites (N-methyl/N-ethyl adjacent to an activating group) is 1. The van der Waals surface area contributed by atoms with Crippen molar-refractivity contribution in [2.24, 2.45) is 0 Å². The molecular weight excluding hydrogens is 278 g/mol. The van der Waals surface area contributed by atoms with Gasteiger partial charge in [-0.15, -0.1) is 0 Å². The molecular formula is C14H21ClN3S+. The normalized spacial score (nSPS) is 16.5. The van der Waals surface area contributed by atoms with Gasteiger partial charge in [-0.2, -0.15) is 0 Å². The lowest BCUT2D eigenvalue weighted by Crippen LogP contribution is -3.14. The minimum atomic E-state index is 0.771. The summed E-state index contributed by atoms with van der Waals surface area (Å²) >= 11 is 11.6. The second-order valence-corrected chi connectivity index (χ2v) is 5.73. The molecule has 0 saturated carbocycles. The van der Waals surface area contributed by atoms with E-state index in [-0.39, 0.29) is 0 Å². The average molecular weight is 299 g/mol. The summed E-state index contributed by atoms with van der Waals surface area (Å²) in [5, 5.41) is 4.89. The maximum Gasteiger partial charge on any atom is 0.173 e. The van der Waals surface area contributed by atoms with Gasteiger partial charge in [0.25, 0.3) is 0 Å². The smallest absolute Gasteiger partial charge is 0.173 e. The first-order valence-corrected chi connectivity index (χ1v) is 7.55. The number of piperazine rings is 1. The van der Waals surface area contributed by atoms with E-state index in [1.54, 1.807) is 4.90 Å². The number of nitrogens with one attached hydrogen (secondary N) is 2. The van der Waals surface area contributed by atoms with Crippen molar-refractivity contribution in [2.45, 2.75) is 13.8 Å². The first kappa shape index (κ1) is 14.6. The first-order valence-electron chi connectivity index (χ1n) is 6.76. The molecule has 1 aliphatic heterocycles. The highest BCUT2D eigenvalue weighted by Crippen LogP contribution is 2.23. The van der Waals surface area contributed by atoms with E-state index in [0.29, 0.717) is 0 Å². The van der Waals surface area contributed by atoms with Gasteiger partial charge in [-0.3, -0.25) is 0 Å². The molecule has 0 bridgehead atoms. The summed E-state index contributed by atoms with van der Waals surface area (Å²) in [7, 11) is 0. The van der Waals surface area contributed by atoms with E-state index in [9.17, 15) is 0 Å². The predicted molar refractivity (Wildman–Crippen MR) is 85.2 cm³/mol. The van der Waals surface area contributed by atoms with Gasteiger partial charge < -0.3 is 15.1 Å². The SMILES string of the molecule is CC[NH+]1CCN(C(=S)Nc2cccc(Cl)c2C)CC1. The van der Waals surface area contributed by atoms with Crippen LogP contribution >= 0.6 is 23.8 Å². The van der Waals surface area contributed by atoms with Crippen LogP contribution < -0.4 is 10.2 Å². The molecule has 1 aliphatic rings. The molecule has 1 aromatic carbocycles. The van der Waals surface area contributed by atoms with Crippen molar-refractivity contribution in [1.29, 1.82) is 0 Å². The summed E-state index contributed by atoms with van der Waals surface area (Å²) in [5.74, 6) is 0. The Labute approximate surface area is 125 Å². The van der Waals surface area contributed by atoms with Crippen LogP contribution in [0.5, 0.6) is 0 Å². The molecule has 0 atom stereocenters. The van der Waals surface area contributed by atoms with Gasteiger partial charge in [-0.25, -0.2) is 0 Å². The van der Waals surface area contributed by atoms with E-state index in [1.807, 2.05) is 25.1 Å². The number of quaternary nitrogens is 1. The number of rotatable bonds is 2. The minimum absolute atomic E-state index is 0.771. The van der Waals surface area contributed by atoms with Crippen LogP contribution in [0.3, 0.4) is 0 Å². The monoisotopic (exact) mass is 298 g/mol. The Balaban J connectivity index is 1.96. The van der Waals surface area contributed by atoms with Crippen LogP contribution in [0.1, 0.15) is 12.5 Å². The third kappa shape index (κ3) is 3.59. The second-order valence-electron chi connectivity index (χ2n) is 4.93. The zero-order valence-corrected chi connectivity index (χ0v) is 13.1. The fourth-order valence-electron chi connectivity index (χ4n) is 2.32. The number of benzene rings is 1. The summed E-state index contributed by atoms with van der Waals surface area (Å²) in [4.78, 5) is 3.90. The van der Waals surface area contributed by atoms with Crippen LogP contribution in [0.2, 0.25) is 5.02 Å². The molecule has 2 N–H and O–H groups in total. The maximum absolute atomic E-state index is 6.12. The fourth-order valence-corrected chi connectivity index (χ4v) is 2.78. The van der Waals surface area contributed by atoms with Crippen LogP contribution in [0, 0.1) is 6.92 Å². The van der Waals surface area contributed by atoms with E-state index in [1.165, 1.54) is 6.54 Å². The average Bonchev–Trinajstić information content (AvgIpc) is 2.44. The number of anilines is 1. The molecule has 1 saturated heterocycles. The third-order valence-corrected chi connectivity index (χ3v) is 4.54. The van der Waals surface area contributed by atoms with Crippen LogP contribution in [-0.2, 0) is 0 Å². The van der Waals surface area contributed by atoms with Crippen LogP contribution in [0.4, 0.5) is 5.69 Å². The molecule has 2 rings (SSSR count). The number of nitrogens with zero attached hydrogens (tertiary/aromatic N) is 1. The highest BCUT2D eigenvalue weighted by atomic mass is 35.5. The highest BCUT2D eigenvalue weighted by Gasteiger charge is 2.20. The van der Waals surface area contributed by atoms with Crippen LogP contribution in [0.25, 0.3) is 0 Å². The quantitative estimate of drug-likeness (QED) is 0.809. The molecule has 5 heteroatoms. The Hall–Kier alpha value is -0.840. The predicted octanol–water partition coefficient (Wildman–Crippen LogP) is 1.57. The molecule has 0 amide bonds. The van der Waals surface area contributed by atoms with Gasteiger partial charge in [0, 0.05) is 10.7 Å². The van der Waals surface area contributed by atoms with Gasteiger partial charge in [0.05, 0.1) is 32.7 Å². The molecule has 0 radical (unpaired) electrons. The van der Waals surface area contributed by atoms with Gasteiger partial charge >= 0.3 is 0 Å². The molecule has 19 heavy (non-hydrogen) atoms. The third-order valence-electron chi connectivity index (χ3n) is 3.77. The summed E-state index contributed by atoms with van der Waals surface area (Å²) in [6.45, 7) is 9.80. The minimum Gasteiger partial charge on any atom is -0.338 e. The summed E-state index contributed by atoms with van der Waals surface area (Å²) in [5.41, 5.74) is 2.05. The fraction of sp³-hybridized carbons (Fsp3) is 0.500. The maximum atomic E-state index is 6.12. The molecule has 1 fully saturated rings. The Morgan fingerprint density at radius 3 is 2.74 bits per heavy atom. The van der Waals surface area contributed by atoms with Crippen molar-refractivity contribution < 1.29 is 4.90 Å². The van der Waals surface area contributed by atoms with Gasteiger partial charge in [0.2, 0.25) is 0 Å². The second kappa shape index (κ2) is 6.55. The van der Waals surface area contributed by atoms with E-state index < -0.39 is 0 Å². The zero-order valence-electron chi connectivity index (χ0n) is 11.5. The summed E-state index contributed by atoms with van der Waals surface area (Å²) < 4.78 is 0. The number of thiocarbonyl (C=S) groups is 1. The van der Waals surface area contributed by atoms with Gasteiger partial charge in [-0.05, 0) is 43.8 Å². The van der Waals surface area contributed by atoms with Crippen LogP contribution in [-0.4, -0.2) is 42.7 Å². The van der Waals surface area contributed by atoms with E-state index in [2.05, 4.69) is 17.1 Å². The Morgan fingerprint density at radius 1 is 1.42 bits per heavy atom. The van der Waals surface area contributed by atoms with Crippen molar-refractivity contribution in [2.75, 3.05) is 38.0 Å². The van der Waals surface area contributed by atoms with Crippen molar-refractivity contribution in [3.8, 4) is 0 Å². The van der Waals surface area contributed by atoms with E-state index in [0.717, 1.165) is 47.6 Å². The first-order chi connectivity index (χ1) is 9.11.